The van der Waals surface area contributed by atoms with E-state index in [0.29, 0.717) is 11.3 Å². The van der Waals surface area contributed by atoms with Crippen LogP contribution < -0.4 is 16.0 Å². The quantitative estimate of drug-likeness (QED) is 0.290. The lowest BCUT2D eigenvalue weighted by Gasteiger charge is -2.17. The van der Waals surface area contributed by atoms with Crippen LogP contribution in [0, 0.1) is 0 Å². The maximum atomic E-state index is 12.8. The Hall–Kier alpha value is -3.71. The third-order valence-electron chi connectivity index (χ3n) is 5.37. The second kappa shape index (κ2) is 11.4. The van der Waals surface area contributed by atoms with Crippen LogP contribution in [0.1, 0.15) is 40.4 Å². The van der Waals surface area contributed by atoms with Crippen molar-refractivity contribution in [1.82, 2.24) is 5.32 Å². The number of rotatable bonds is 9. The van der Waals surface area contributed by atoms with Crippen molar-refractivity contribution in [3.05, 3.63) is 102 Å². The summed E-state index contributed by atoms with van der Waals surface area (Å²) in [5.74, 6) is -0.0613. The molecule has 1 atom stereocenters. The number of hydrogen-bond acceptors (Lipinski definition) is 5. The highest BCUT2D eigenvalue weighted by atomic mass is 32.2. The van der Waals surface area contributed by atoms with Gasteiger partial charge in [0.2, 0.25) is 0 Å². The molecule has 0 aromatic heterocycles. The summed E-state index contributed by atoms with van der Waals surface area (Å²) in [4.78, 5) is 25.1. The minimum Gasteiger partial charge on any atom is -0.481 e. The molecule has 1 amide bonds. The van der Waals surface area contributed by atoms with Gasteiger partial charge in [-0.1, -0.05) is 36.4 Å². The molecule has 1 heterocycles. The van der Waals surface area contributed by atoms with Crippen molar-refractivity contribution in [2.75, 3.05) is 17.2 Å². The number of thioether (sulfide) groups is 1. The molecule has 0 bridgehead atoms. The maximum absolute atomic E-state index is 12.8. The SMILES string of the molecule is O=C(O)CC(Sc1ccc(NC(=O)c2cccc(NC3=CCCCN3)c2)cc1)c1ccccc1. The summed E-state index contributed by atoms with van der Waals surface area (Å²) in [6.45, 7) is 0.940. The summed E-state index contributed by atoms with van der Waals surface area (Å²) in [5, 5.41) is 18.7. The Labute approximate surface area is 203 Å². The zero-order valence-corrected chi connectivity index (χ0v) is 19.5. The van der Waals surface area contributed by atoms with Crippen LogP contribution in [0.4, 0.5) is 11.4 Å². The van der Waals surface area contributed by atoms with Gasteiger partial charge in [-0.2, -0.15) is 0 Å². The summed E-state index contributed by atoms with van der Waals surface area (Å²) in [6.07, 6.45) is 4.31. The van der Waals surface area contributed by atoms with E-state index in [2.05, 4.69) is 22.0 Å². The molecule has 0 aliphatic carbocycles. The molecule has 0 radical (unpaired) electrons. The lowest BCUT2D eigenvalue weighted by Crippen LogP contribution is -2.24. The molecule has 0 saturated heterocycles. The number of allylic oxidation sites excluding steroid dienone is 1. The van der Waals surface area contributed by atoms with E-state index in [1.165, 1.54) is 11.8 Å². The van der Waals surface area contributed by atoms with Crippen LogP contribution in [0.3, 0.4) is 0 Å². The van der Waals surface area contributed by atoms with Gasteiger partial charge in [-0.15, -0.1) is 11.8 Å². The molecule has 174 valence electrons. The Morgan fingerprint density at radius 1 is 0.971 bits per heavy atom. The normalized spacial score (nSPS) is 13.8. The zero-order chi connectivity index (χ0) is 23.8. The number of nitrogens with one attached hydrogen (secondary N) is 3. The molecule has 4 rings (SSSR count). The van der Waals surface area contributed by atoms with E-state index in [1.807, 2.05) is 72.8 Å². The molecule has 7 heteroatoms. The molecule has 1 unspecified atom stereocenters. The first kappa shape index (κ1) is 23.4. The first-order valence-corrected chi connectivity index (χ1v) is 12.1. The number of benzene rings is 3. The molecule has 1 aliphatic heterocycles. The van der Waals surface area contributed by atoms with Crippen molar-refractivity contribution in [1.29, 1.82) is 0 Å². The van der Waals surface area contributed by atoms with Crippen molar-refractivity contribution in [2.24, 2.45) is 0 Å². The van der Waals surface area contributed by atoms with E-state index in [-0.39, 0.29) is 17.6 Å². The van der Waals surface area contributed by atoms with Crippen molar-refractivity contribution < 1.29 is 14.7 Å². The number of anilines is 2. The molecule has 6 nitrogen and oxygen atoms in total. The number of hydrogen-bond donors (Lipinski definition) is 4. The van der Waals surface area contributed by atoms with Gasteiger partial charge in [-0.05, 0) is 66.9 Å². The lowest BCUT2D eigenvalue weighted by molar-refractivity contribution is -0.137. The van der Waals surface area contributed by atoms with Gasteiger partial charge >= 0.3 is 5.97 Å². The first-order valence-electron chi connectivity index (χ1n) is 11.2. The van der Waals surface area contributed by atoms with Gasteiger partial charge in [0.05, 0.1) is 12.2 Å². The maximum Gasteiger partial charge on any atom is 0.304 e. The summed E-state index contributed by atoms with van der Waals surface area (Å²) in [6, 6.07) is 24.5. The minimum absolute atomic E-state index is 0.0317. The molecule has 3 aromatic carbocycles. The monoisotopic (exact) mass is 473 g/mol. The van der Waals surface area contributed by atoms with Crippen molar-refractivity contribution in [3.8, 4) is 0 Å². The molecule has 1 aliphatic rings. The number of carboxylic acid groups (broad SMARTS) is 1. The number of amides is 1. The summed E-state index contributed by atoms with van der Waals surface area (Å²) in [5.41, 5.74) is 3.06. The average molecular weight is 474 g/mol. The summed E-state index contributed by atoms with van der Waals surface area (Å²) < 4.78 is 0. The number of carbonyl (C=O) groups excluding carboxylic acids is 1. The van der Waals surface area contributed by atoms with Crippen LogP contribution in [-0.4, -0.2) is 23.5 Å². The van der Waals surface area contributed by atoms with Gasteiger partial charge in [0, 0.05) is 33.6 Å². The molecule has 0 spiro atoms. The van der Waals surface area contributed by atoms with E-state index in [0.717, 1.165) is 41.4 Å². The fraction of sp³-hybridized carbons (Fsp3) is 0.185. The second-order valence-electron chi connectivity index (χ2n) is 7.99. The van der Waals surface area contributed by atoms with Gasteiger partial charge in [0.1, 0.15) is 0 Å². The van der Waals surface area contributed by atoms with Crippen LogP contribution in [-0.2, 0) is 4.79 Å². The smallest absolute Gasteiger partial charge is 0.304 e. The Kier molecular flexibility index (Phi) is 7.88. The molecular weight excluding hydrogens is 446 g/mol. The predicted molar refractivity (Wildman–Crippen MR) is 137 cm³/mol. The van der Waals surface area contributed by atoms with Crippen molar-refractivity contribution in [3.63, 3.8) is 0 Å². The fourth-order valence-corrected chi connectivity index (χ4v) is 4.81. The lowest BCUT2D eigenvalue weighted by atomic mass is 10.1. The van der Waals surface area contributed by atoms with E-state index in [4.69, 9.17) is 0 Å². The third kappa shape index (κ3) is 6.65. The molecule has 4 N–H and O–H groups in total. The minimum atomic E-state index is -0.836. The Morgan fingerprint density at radius 3 is 2.47 bits per heavy atom. The van der Waals surface area contributed by atoms with Gasteiger partial charge in [0.15, 0.2) is 0 Å². The fourth-order valence-electron chi connectivity index (χ4n) is 3.67. The molecule has 0 fully saturated rings. The van der Waals surface area contributed by atoms with E-state index < -0.39 is 5.97 Å². The van der Waals surface area contributed by atoms with E-state index >= 15 is 0 Å². The van der Waals surface area contributed by atoms with Gasteiger partial charge in [-0.25, -0.2) is 0 Å². The first-order chi connectivity index (χ1) is 16.6. The molecule has 3 aromatic rings. The average Bonchev–Trinajstić information content (AvgIpc) is 2.86. The zero-order valence-electron chi connectivity index (χ0n) is 18.7. The molecule has 0 saturated carbocycles. The van der Waals surface area contributed by atoms with E-state index in [1.54, 1.807) is 6.07 Å². The molecular formula is C27H27N3O3S. The topological polar surface area (TPSA) is 90.5 Å². The largest absolute Gasteiger partial charge is 0.481 e. The second-order valence-corrected chi connectivity index (χ2v) is 9.26. The molecule has 34 heavy (non-hydrogen) atoms. The highest BCUT2D eigenvalue weighted by molar-refractivity contribution is 7.99. The van der Waals surface area contributed by atoms with Gasteiger partial charge in [-0.3, -0.25) is 9.59 Å². The van der Waals surface area contributed by atoms with Crippen LogP contribution in [0.5, 0.6) is 0 Å². The standard InChI is InChI=1S/C27H27N3O3S/c31-26(32)18-24(19-7-2-1-3-8-19)34-23-14-12-21(13-15-23)30-27(33)20-9-6-10-22(17-20)29-25-11-4-5-16-28-25/h1-3,6-15,17,24,28-29H,4-5,16,18H2,(H,30,33)(H,31,32). The third-order valence-corrected chi connectivity index (χ3v) is 6.64. The summed E-state index contributed by atoms with van der Waals surface area (Å²) >= 11 is 1.50. The van der Waals surface area contributed by atoms with Crippen LogP contribution in [0.25, 0.3) is 0 Å². The number of aliphatic carboxylic acids is 1. The van der Waals surface area contributed by atoms with Crippen molar-refractivity contribution >= 4 is 35.0 Å². The number of carboxylic acids is 1. The Bertz CT molecular complexity index is 1160. The Balaban J connectivity index is 1.39. The van der Waals surface area contributed by atoms with Gasteiger partial charge < -0.3 is 21.1 Å². The van der Waals surface area contributed by atoms with Crippen LogP contribution in [0.15, 0.2) is 95.7 Å². The highest BCUT2D eigenvalue weighted by Crippen LogP contribution is 2.38. The predicted octanol–water partition coefficient (Wildman–Crippen LogP) is 5.88. The van der Waals surface area contributed by atoms with Gasteiger partial charge in [0.25, 0.3) is 5.91 Å². The van der Waals surface area contributed by atoms with Crippen LogP contribution in [0.2, 0.25) is 0 Å². The Morgan fingerprint density at radius 2 is 1.76 bits per heavy atom. The number of carbonyl (C=O) groups is 2. The van der Waals surface area contributed by atoms with E-state index in [9.17, 15) is 14.7 Å². The summed E-state index contributed by atoms with van der Waals surface area (Å²) in [7, 11) is 0. The highest BCUT2D eigenvalue weighted by Gasteiger charge is 2.17. The van der Waals surface area contributed by atoms with Crippen molar-refractivity contribution in [2.45, 2.75) is 29.4 Å². The van der Waals surface area contributed by atoms with Crippen LogP contribution >= 0.6 is 11.8 Å².